The summed E-state index contributed by atoms with van der Waals surface area (Å²) in [7, 11) is 0. The number of nitrogens with zero attached hydrogens (tertiary/aromatic N) is 1. The largest absolute Gasteiger partial charge is 0.427 e. The van der Waals surface area contributed by atoms with Crippen LogP contribution in [0.25, 0.3) is 0 Å². The number of carbonyl (C=O) groups is 3. The van der Waals surface area contributed by atoms with E-state index in [1.54, 1.807) is 35.2 Å². The molecular formula is C22H23NO4. The number of ketones is 1. The minimum Gasteiger partial charge on any atom is -0.427 e. The third kappa shape index (κ3) is 4.61. The third-order valence-corrected chi connectivity index (χ3v) is 4.84. The number of carbonyl (C=O) groups excluding carboxylic acids is 3. The molecule has 2 aromatic rings. The molecule has 0 aromatic heterocycles. The van der Waals surface area contributed by atoms with Gasteiger partial charge in [-0.15, -0.1) is 0 Å². The van der Waals surface area contributed by atoms with E-state index >= 15 is 0 Å². The molecule has 27 heavy (non-hydrogen) atoms. The molecule has 0 radical (unpaired) electrons. The van der Waals surface area contributed by atoms with Crippen molar-refractivity contribution in [2.24, 2.45) is 0 Å². The first-order valence-corrected chi connectivity index (χ1v) is 9.15. The Morgan fingerprint density at radius 2 is 1.74 bits per heavy atom. The number of anilines is 1. The van der Waals surface area contributed by atoms with Gasteiger partial charge in [-0.05, 0) is 61.7 Å². The van der Waals surface area contributed by atoms with E-state index in [1.165, 1.54) is 0 Å². The van der Waals surface area contributed by atoms with Gasteiger partial charge in [0.15, 0.2) is 5.78 Å². The van der Waals surface area contributed by atoms with Gasteiger partial charge < -0.3 is 9.64 Å². The van der Waals surface area contributed by atoms with Crippen LogP contribution in [0.5, 0.6) is 5.75 Å². The molecule has 1 amide bonds. The Labute approximate surface area is 158 Å². The van der Waals surface area contributed by atoms with Crippen molar-refractivity contribution < 1.29 is 19.1 Å². The molecule has 0 bridgehead atoms. The Hall–Kier alpha value is -2.95. The summed E-state index contributed by atoms with van der Waals surface area (Å²) in [5, 5.41) is 0. The lowest BCUT2D eigenvalue weighted by Gasteiger charge is -2.15. The first kappa shape index (κ1) is 18.8. The van der Waals surface area contributed by atoms with Crippen LogP contribution in [-0.4, -0.2) is 24.2 Å². The second-order valence-corrected chi connectivity index (χ2v) is 6.84. The summed E-state index contributed by atoms with van der Waals surface area (Å²) in [6.45, 7) is 4.67. The normalized spacial score (nSPS) is 13.7. The molecule has 1 aliphatic rings. The van der Waals surface area contributed by atoms with Gasteiger partial charge in [0.05, 0.1) is 6.42 Å². The van der Waals surface area contributed by atoms with Crippen LogP contribution in [0.2, 0.25) is 0 Å². The summed E-state index contributed by atoms with van der Waals surface area (Å²) < 4.78 is 5.29. The van der Waals surface area contributed by atoms with E-state index in [-0.39, 0.29) is 24.5 Å². The highest BCUT2D eigenvalue weighted by molar-refractivity contribution is 5.98. The van der Waals surface area contributed by atoms with Crippen LogP contribution < -0.4 is 9.64 Å². The van der Waals surface area contributed by atoms with E-state index in [2.05, 4.69) is 0 Å². The number of hydrogen-bond acceptors (Lipinski definition) is 4. The second-order valence-electron chi connectivity index (χ2n) is 6.84. The first-order chi connectivity index (χ1) is 12.9. The van der Waals surface area contributed by atoms with Gasteiger partial charge in [-0.3, -0.25) is 14.4 Å². The molecule has 0 unspecified atom stereocenters. The number of rotatable bonds is 6. The summed E-state index contributed by atoms with van der Waals surface area (Å²) >= 11 is 0. The summed E-state index contributed by atoms with van der Waals surface area (Å²) in [5.74, 6) is 0.00810. The Morgan fingerprint density at radius 3 is 2.37 bits per heavy atom. The minimum atomic E-state index is -0.447. The molecule has 1 saturated heterocycles. The number of hydrogen-bond donors (Lipinski definition) is 0. The lowest BCUT2D eigenvalue weighted by molar-refractivity contribution is -0.134. The summed E-state index contributed by atoms with van der Waals surface area (Å²) in [4.78, 5) is 37.7. The molecule has 1 aliphatic heterocycles. The van der Waals surface area contributed by atoms with Gasteiger partial charge in [0, 0.05) is 30.6 Å². The molecule has 0 saturated carbocycles. The van der Waals surface area contributed by atoms with Gasteiger partial charge in [-0.2, -0.15) is 0 Å². The number of ether oxygens (including phenoxy) is 1. The van der Waals surface area contributed by atoms with Gasteiger partial charge in [0.2, 0.25) is 5.91 Å². The van der Waals surface area contributed by atoms with Crippen LogP contribution in [-0.2, 0) is 9.59 Å². The minimum absolute atomic E-state index is 0.0259. The molecule has 1 heterocycles. The van der Waals surface area contributed by atoms with Crippen molar-refractivity contribution in [2.75, 3.05) is 11.4 Å². The van der Waals surface area contributed by atoms with Crippen LogP contribution in [0.15, 0.2) is 42.5 Å². The van der Waals surface area contributed by atoms with E-state index < -0.39 is 5.97 Å². The molecule has 0 N–H and O–H groups in total. The number of aryl methyl sites for hydroxylation is 2. The lowest BCUT2D eigenvalue weighted by atomic mass is 10.0. The fourth-order valence-electron chi connectivity index (χ4n) is 3.07. The van der Waals surface area contributed by atoms with Crippen molar-refractivity contribution in [2.45, 2.75) is 39.5 Å². The van der Waals surface area contributed by atoms with Gasteiger partial charge in [0.1, 0.15) is 5.75 Å². The third-order valence-electron chi connectivity index (χ3n) is 4.84. The van der Waals surface area contributed by atoms with E-state index in [0.29, 0.717) is 17.7 Å². The van der Waals surface area contributed by atoms with Gasteiger partial charge in [-0.25, -0.2) is 0 Å². The zero-order valence-electron chi connectivity index (χ0n) is 15.7. The summed E-state index contributed by atoms with van der Waals surface area (Å²) in [6, 6.07) is 12.4. The molecule has 0 atom stereocenters. The Bertz CT molecular complexity index is 870. The van der Waals surface area contributed by atoms with E-state index in [9.17, 15) is 14.4 Å². The number of amides is 1. The fraction of sp³-hybridized carbons (Fsp3) is 0.318. The highest BCUT2D eigenvalue weighted by atomic mass is 16.5. The van der Waals surface area contributed by atoms with E-state index in [4.69, 9.17) is 4.74 Å². The zero-order valence-corrected chi connectivity index (χ0v) is 15.7. The van der Waals surface area contributed by atoms with Gasteiger partial charge in [-0.1, -0.05) is 12.1 Å². The van der Waals surface area contributed by atoms with Gasteiger partial charge in [0.25, 0.3) is 0 Å². The van der Waals surface area contributed by atoms with Crippen LogP contribution in [0.1, 0.15) is 47.2 Å². The maximum absolute atomic E-state index is 12.2. The molecule has 0 spiro atoms. The molecule has 0 aliphatic carbocycles. The van der Waals surface area contributed by atoms with Crippen LogP contribution in [0.3, 0.4) is 0 Å². The summed E-state index contributed by atoms with van der Waals surface area (Å²) in [6.07, 6.45) is 1.58. The predicted octanol–water partition coefficient (Wildman–Crippen LogP) is 4.00. The van der Waals surface area contributed by atoms with E-state index in [1.807, 2.05) is 26.0 Å². The molecule has 5 nitrogen and oxygen atoms in total. The number of esters is 1. The quantitative estimate of drug-likeness (QED) is 0.441. The monoisotopic (exact) mass is 365 g/mol. The fourth-order valence-corrected chi connectivity index (χ4v) is 3.07. The average molecular weight is 365 g/mol. The Balaban J connectivity index is 1.52. The zero-order chi connectivity index (χ0) is 19.4. The van der Waals surface area contributed by atoms with Gasteiger partial charge >= 0.3 is 5.97 Å². The molecular weight excluding hydrogens is 342 g/mol. The molecule has 5 heteroatoms. The maximum Gasteiger partial charge on any atom is 0.311 e. The molecule has 140 valence electrons. The van der Waals surface area contributed by atoms with E-state index in [0.717, 1.165) is 29.8 Å². The van der Waals surface area contributed by atoms with Crippen LogP contribution >= 0.6 is 0 Å². The standard InChI is InChI=1S/C22H23NO4/c1-15-5-6-17(14-16(15)2)20(24)11-12-22(26)27-19-9-7-18(8-10-19)23-13-3-4-21(23)25/h5-10,14H,3-4,11-13H2,1-2H3. The van der Waals surface area contributed by atoms with Crippen molar-refractivity contribution in [3.05, 3.63) is 59.2 Å². The van der Waals surface area contributed by atoms with Crippen molar-refractivity contribution in [1.29, 1.82) is 0 Å². The molecule has 2 aromatic carbocycles. The van der Waals surface area contributed by atoms with Crippen LogP contribution in [0.4, 0.5) is 5.69 Å². The summed E-state index contributed by atoms with van der Waals surface area (Å²) in [5.41, 5.74) is 3.61. The predicted molar refractivity (Wildman–Crippen MR) is 103 cm³/mol. The lowest BCUT2D eigenvalue weighted by Crippen LogP contribution is -2.23. The van der Waals surface area contributed by atoms with Crippen molar-refractivity contribution in [3.8, 4) is 5.75 Å². The maximum atomic E-state index is 12.2. The smallest absolute Gasteiger partial charge is 0.311 e. The topological polar surface area (TPSA) is 63.7 Å². The average Bonchev–Trinajstić information content (AvgIpc) is 3.08. The molecule has 3 rings (SSSR count). The second kappa shape index (κ2) is 8.16. The highest BCUT2D eigenvalue weighted by Gasteiger charge is 2.21. The SMILES string of the molecule is Cc1ccc(C(=O)CCC(=O)Oc2ccc(N3CCCC3=O)cc2)cc1C. The highest BCUT2D eigenvalue weighted by Crippen LogP contribution is 2.24. The first-order valence-electron chi connectivity index (χ1n) is 9.15. The number of benzene rings is 2. The van der Waals surface area contributed by atoms with Crippen molar-refractivity contribution in [3.63, 3.8) is 0 Å². The van der Waals surface area contributed by atoms with Crippen molar-refractivity contribution in [1.82, 2.24) is 0 Å². The Kier molecular flexibility index (Phi) is 5.69. The Morgan fingerprint density at radius 1 is 1.00 bits per heavy atom. The van der Waals surface area contributed by atoms with Crippen LogP contribution in [0, 0.1) is 13.8 Å². The molecule has 1 fully saturated rings. The van der Waals surface area contributed by atoms with Crippen molar-refractivity contribution >= 4 is 23.3 Å². The number of Topliss-reactive ketones (excluding diaryl/α,β-unsaturated/α-hetero) is 1.